The van der Waals surface area contributed by atoms with E-state index in [0.717, 1.165) is 75.6 Å². The summed E-state index contributed by atoms with van der Waals surface area (Å²) < 4.78 is 44.0. The summed E-state index contributed by atoms with van der Waals surface area (Å²) >= 11 is 0. The number of nitrogens with one attached hydrogen (secondary N) is 1. The van der Waals surface area contributed by atoms with Gasteiger partial charge in [-0.15, -0.1) is 0 Å². The van der Waals surface area contributed by atoms with E-state index in [2.05, 4.69) is 44.1 Å². The average Bonchev–Trinajstić information content (AvgIpc) is 3.38. The van der Waals surface area contributed by atoms with E-state index in [4.69, 9.17) is 4.74 Å². The third-order valence-corrected chi connectivity index (χ3v) is 9.69. The number of aromatic amines is 1. The highest BCUT2D eigenvalue weighted by molar-refractivity contribution is 7.90. The van der Waals surface area contributed by atoms with Gasteiger partial charge in [0.15, 0.2) is 9.84 Å². The van der Waals surface area contributed by atoms with Gasteiger partial charge < -0.3 is 19.5 Å². The fourth-order valence-electron chi connectivity index (χ4n) is 6.16. The molecule has 2 aromatic carbocycles. The number of nitrogens with zero attached hydrogens (tertiary/aromatic N) is 4. The lowest BCUT2D eigenvalue weighted by atomic mass is 9.72. The van der Waals surface area contributed by atoms with E-state index in [9.17, 15) is 17.6 Å². The molecule has 4 heterocycles. The van der Waals surface area contributed by atoms with E-state index in [1.54, 1.807) is 0 Å². The number of piperidine rings is 1. The fraction of sp³-hybridized carbons (Fsp3) is 0.424. The van der Waals surface area contributed by atoms with E-state index in [0.29, 0.717) is 22.3 Å². The van der Waals surface area contributed by atoms with E-state index in [1.807, 2.05) is 31.7 Å². The van der Waals surface area contributed by atoms with Crippen LogP contribution >= 0.6 is 0 Å². The molecule has 6 rings (SSSR count). The van der Waals surface area contributed by atoms with Gasteiger partial charge in [0.2, 0.25) is 0 Å². The number of hydrogen-bond acceptors (Lipinski definition) is 7. The van der Waals surface area contributed by atoms with Gasteiger partial charge >= 0.3 is 6.09 Å². The summed E-state index contributed by atoms with van der Waals surface area (Å²) in [4.78, 5) is 28.6. The molecule has 9 nitrogen and oxygen atoms in total. The van der Waals surface area contributed by atoms with Gasteiger partial charge in [-0.05, 0) is 88.5 Å². The zero-order valence-electron chi connectivity index (χ0n) is 25.6. The molecule has 0 atom stereocenters. The van der Waals surface area contributed by atoms with Gasteiger partial charge in [0.25, 0.3) is 0 Å². The summed E-state index contributed by atoms with van der Waals surface area (Å²) in [6.07, 6.45) is 5.38. The smallest absolute Gasteiger partial charge is 0.410 e. The lowest BCUT2D eigenvalue weighted by Crippen LogP contribution is -2.62. The average molecular weight is 620 g/mol. The van der Waals surface area contributed by atoms with Crippen LogP contribution in [0.5, 0.6) is 0 Å². The number of ether oxygens (including phenoxy) is 1. The molecule has 2 aliphatic heterocycles. The van der Waals surface area contributed by atoms with Crippen LogP contribution in [0.4, 0.5) is 9.18 Å². The molecule has 0 bridgehead atoms. The second-order valence-corrected chi connectivity index (χ2v) is 15.3. The number of rotatable bonds is 6. The van der Waals surface area contributed by atoms with Crippen LogP contribution < -0.4 is 0 Å². The van der Waals surface area contributed by atoms with Crippen molar-refractivity contribution in [3.8, 4) is 22.5 Å². The molecule has 1 spiro atoms. The standard InChI is InChI=1S/C33H38FN5O4S/c1-32(2,3)43-31(40)39-19-33(20-39)10-13-38(14-11-33)12-9-22-5-7-23(8-6-22)28-18-27-29(35-21-36-30(27)37-28)24-15-25(34)17-26(16-24)44(4,41)42/h5-8,15-18,21H,9-14,19-20H2,1-4H3,(H,35,36,37). The summed E-state index contributed by atoms with van der Waals surface area (Å²) in [5.41, 5.74) is 4.27. The topological polar surface area (TPSA) is 108 Å². The van der Waals surface area contributed by atoms with Crippen molar-refractivity contribution in [2.24, 2.45) is 5.41 Å². The second-order valence-electron chi connectivity index (χ2n) is 13.2. The minimum Gasteiger partial charge on any atom is -0.444 e. The fourth-order valence-corrected chi connectivity index (χ4v) is 6.83. The van der Waals surface area contributed by atoms with Gasteiger partial charge in [-0.3, -0.25) is 0 Å². The van der Waals surface area contributed by atoms with Crippen LogP contribution in [-0.2, 0) is 21.0 Å². The number of carbonyl (C=O) groups excluding carboxylic acids is 1. The number of H-pyrrole nitrogens is 1. The molecule has 11 heteroatoms. The second kappa shape index (κ2) is 11.3. The normalized spacial score (nSPS) is 17.2. The van der Waals surface area contributed by atoms with Crippen molar-refractivity contribution in [3.05, 3.63) is 66.2 Å². The number of benzene rings is 2. The summed E-state index contributed by atoms with van der Waals surface area (Å²) in [5.74, 6) is -0.641. The number of hydrogen-bond donors (Lipinski definition) is 1. The molecule has 2 fully saturated rings. The molecule has 2 saturated heterocycles. The summed E-state index contributed by atoms with van der Waals surface area (Å²) in [6.45, 7) is 10.3. The van der Waals surface area contributed by atoms with Crippen molar-refractivity contribution in [2.45, 2.75) is 50.5 Å². The quantitative estimate of drug-likeness (QED) is 0.295. The number of carbonyl (C=O) groups is 1. The number of amides is 1. The molecule has 0 saturated carbocycles. The Hall–Kier alpha value is -3.83. The SMILES string of the molecule is CC(C)(C)OC(=O)N1CC2(CCN(CCc3ccc(-c4cc5c(-c6cc(F)cc(S(C)(=O)=O)c6)ncnc5[nH]4)cc3)CC2)C1. The Bertz CT molecular complexity index is 1800. The molecule has 2 aromatic heterocycles. The lowest BCUT2D eigenvalue weighted by Gasteiger charge is -2.53. The minimum absolute atomic E-state index is 0.0949. The van der Waals surface area contributed by atoms with Crippen LogP contribution in [0.15, 0.2) is 59.8 Å². The van der Waals surface area contributed by atoms with Crippen LogP contribution in [0.2, 0.25) is 0 Å². The molecule has 4 aromatic rings. The summed E-state index contributed by atoms with van der Waals surface area (Å²) in [6, 6.07) is 14.1. The monoisotopic (exact) mass is 619 g/mol. The number of likely N-dealkylation sites (tertiary alicyclic amines) is 2. The largest absolute Gasteiger partial charge is 0.444 e. The van der Waals surface area contributed by atoms with E-state index in [-0.39, 0.29) is 16.4 Å². The maximum absolute atomic E-state index is 14.3. The van der Waals surface area contributed by atoms with Crippen LogP contribution in [0.25, 0.3) is 33.5 Å². The number of sulfone groups is 1. The first-order valence-electron chi connectivity index (χ1n) is 14.9. The molecule has 0 aliphatic carbocycles. The van der Waals surface area contributed by atoms with Crippen molar-refractivity contribution >= 4 is 27.0 Å². The zero-order chi connectivity index (χ0) is 31.3. The Kier molecular flexibility index (Phi) is 7.73. The predicted octanol–water partition coefficient (Wildman–Crippen LogP) is 5.71. The van der Waals surface area contributed by atoms with Gasteiger partial charge in [0.05, 0.1) is 10.6 Å². The maximum atomic E-state index is 14.3. The summed E-state index contributed by atoms with van der Waals surface area (Å²) in [7, 11) is -3.59. The van der Waals surface area contributed by atoms with Gasteiger partial charge in [-0.1, -0.05) is 24.3 Å². The highest BCUT2D eigenvalue weighted by Gasteiger charge is 2.47. The third kappa shape index (κ3) is 6.49. The van der Waals surface area contributed by atoms with Gasteiger partial charge in [0.1, 0.15) is 23.4 Å². The molecule has 1 amide bonds. The maximum Gasteiger partial charge on any atom is 0.410 e. The van der Waals surface area contributed by atoms with Gasteiger partial charge in [0, 0.05) is 47.9 Å². The molecular formula is C33H38FN5O4S. The molecule has 2 aliphatic rings. The molecule has 44 heavy (non-hydrogen) atoms. The molecular weight excluding hydrogens is 581 g/mol. The number of aromatic nitrogens is 3. The third-order valence-electron chi connectivity index (χ3n) is 8.60. The van der Waals surface area contributed by atoms with Crippen LogP contribution in [0.3, 0.4) is 0 Å². The number of halogens is 1. The van der Waals surface area contributed by atoms with Crippen LogP contribution in [-0.4, -0.2) is 83.8 Å². The van der Waals surface area contributed by atoms with Crippen LogP contribution in [0.1, 0.15) is 39.2 Å². The van der Waals surface area contributed by atoms with Crippen molar-refractivity contribution in [2.75, 3.05) is 39.0 Å². The molecule has 0 radical (unpaired) electrons. The number of fused-ring (bicyclic) bond motifs is 1. The Morgan fingerprint density at radius 3 is 2.39 bits per heavy atom. The Morgan fingerprint density at radius 1 is 1.02 bits per heavy atom. The lowest BCUT2D eigenvalue weighted by molar-refractivity contribution is -0.0590. The summed E-state index contributed by atoms with van der Waals surface area (Å²) in [5, 5.41) is 0.681. The molecule has 0 unspecified atom stereocenters. The molecule has 1 N–H and O–H groups in total. The minimum atomic E-state index is -3.59. The van der Waals surface area contributed by atoms with E-state index < -0.39 is 21.3 Å². The first kappa shape index (κ1) is 30.2. The highest BCUT2D eigenvalue weighted by Crippen LogP contribution is 2.41. The first-order valence-corrected chi connectivity index (χ1v) is 16.8. The Labute approximate surface area is 257 Å². The van der Waals surface area contributed by atoms with E-state index in [1.165, 1.54) is 24.0 Å². The predicted molar refractivity (Wildman–Crippen MR) is 167 cm³/mol. The van der Waals surface area contributed by atoms with E-state index >= 15 is 0 Å². The zero-order valence-corrected chi connectivity index (χ0v) is 26.4. The van der Waals surface area contributed by atoms with Crippen molar-refractivity contribution in [1.82, 2.24) is 24.8 Å². The Balaban J connectivity index is 1.07. The first-order chi connectivity index (χ1) is 20.8. The molecule has 232 valence electrons. The van der Waals surface area contributed by atoms with Gasteiger partial charge in [-0.25, -0.2) is 27.6 Å². The van der Waals surface area contributed by atoms with Crippen molar-refractivity contribution < 1.29 is 22.3 Å². The highest BCUT2D eigenvalue weighted by atomic mass is 32.2. The van der Waals surface area contributed by atoms with Crippen molar-refractivity contribution in [3.63, 3.8) is 0 Å². The van der Waals surface area contributed by atoms with Crippen LogP contribution in [0, 0.1) is 11.2 Å². The van der Waals surface area contributed by atoms with Crippen molar-refractivity contribution in [1.29, 1.82) is 0 Å². The Morgan fingerprint density at radius 2 is 1.73 bits per heavy atom. The van der Waals surface area contributed by atoms with Gasteiger partial charge in [-0.2, -0.15) is 0 Å².